The summed E-state index contributed by atoms with van der Waals surface area (Å²) in [6.45, 7) is 6.85. The second-order valence-corrected chi connectivity index (χ2v) is 11.6. The SMILES string of the molecule is COC(=O)CC[C@@H](C)C1CCC2[C@@H]3C(CC(O)C21C)C1(C)CC[C@@H](O)C[C@H]1C[C@@H]3O. The van der Waals surface area contributed by atoms with Crippen molar-refractivity contribution >= 4 is 5.97 Å². The number of rotatable bonds is 4. The molecule has 4 aliphatic rings. The van der Waals surface area contributed by atoms with Gasteiger partial charge in [0.05, 0.1) is 25.4 Å². The van der Waals surface area contributed by atoms with E-state index in [1.807, 2.05) is 0 Å². The van der Waals surface area contributed by atoms with Crippen LogP contribution < -0.4 is 0 Å². The standard InChI is InChI=1S/C25H42O5/c1-14(5-8-22(29)30-4)17-6-7-18-23-19(13-21(28)25(17,18)3)24(2)10-9-16(26)11-15(24)12-20(23)27/h14-21,23,26-28H,5-13H2,1-4H3/t14-,15+,16-,17?,18?,19?,20+,21?,23-,24?,25?/m1/s1. The third kappa shape index (κ3) is 3.34. The zero-order valence-corrected chi connectivity index (χ0v) is 19.2. The van der Waals surface area contributed by atoms with Crippen LogP contribution in [0.2, 0.25) is 0 Å². The summed E-state index contributed by atoms with van der Waals surface area (Å²) in [5, 5.41) is 33.1. The molecule has 0 aliphatic heterocycles. The van der Waals surface area contributed by atoms with Crippen molar-refractivity contribution in [2.24, 2.45) is 46.3 Å². The van der Waals surface area contributed by atoms with Crippen LogP contribution in [0.5, 0.6) is 0 Å². The molecule has 30 heavy (non-hydrogen) atoms. The smallest absolute Gasteiger partial charge is 0.305 e. The largest absolute Gasteiger partial charge is 0.469 e. The van der Waals surface area contributed by atoms with Crippen molar-refractivity contribution in [1.82, 2.24) is 0 Å². The highest BCUT2D eigenvalue weighted by Gasteiger charge is 2.65. The minimum atomic E-state index is -0.369. The molecule has 0 aromatic heterocycles. The lowest BCUT2D eigenvalue weighted by molar-refractivity contribution is -0.207. The zero-order chi connectivity index (χ0) is 21.8. The Kier molecular flexibility index (Phi) is 6.04. The Morgan fingerprint density at radius 1 is 1.07 bits per heavy atom. The molecule has 0 aromatic rings. The summed E-state index contributed by atoms with van der Waals surface area (Å²) in [6.07, 6.45) is 6.60. The molecule has 0 bridgehead atoms. The lowest BCUT2D eigenvalue weighted by Crippen LogP contribution is -2.62. The molecule has 5 nitrogen and oxygen atoms in total. The van der Waals surface area contributed by atoms with Gasteiger partial charge < -0.3 is 20.1 Å². The highest BCUT2D eigenvalue weighted by Crippen LogP contribution is 2.68. The monoisotopic (exact) mass is 422 g/mol. The third-order valence-corrected chi connectivity index (χ3v) is 10.6. The Hall–Kier alpha value is -0.650. The predicted octanol–water partition coefficient (Wildman–Crippen LogP) is 3.54. The molecule has 0 spiro atoms. The van der Waals surface area contributed by atoms with E-state index in [9.17, 15) is 20.1 Å². The normalized spacial score (nSPS) is 51.4. The number of methoxy groups -OCH3 is 1. The van der Waals surface area contributed by atoms with Gasteiger partial charge in [-0.3, -0.25) is 4.79 Å². The zero-order valence-electron chi connectivity index (χ0n) is 19.2. The molecule has 11 atom stereocenters. The van der Waals surface area contributed by atoms with E-state index >= 15 is 0 Å². The van der Waals surface area contributed by atoms with Crippen molar-refractivity contribution in [1.29, 1.82) is 0 Å². The summed E-state index contributed by atoms with van der Waals surface area (Å²) in [5.74, 6) is 1.81. The summed E-state index contributed by atoms with van der Waals surface area (Å²) in [6, 6.07) is 0. The van der Waals surface area contributed by atoms with E-state index < -0.39 is 0 Å². The summed E-state index contributed by atoms with van der Waals surface area (Å²) in [5.41, 5.74) is -0.0882. The molecule has 172 valence electrons. The molecule has 3 N–H and O–H groups in total. The van der Waals surface area contributed by atoms with Gasteiger partial charge in [-0.2, -0.15) is 0 Å². The Balaban J connectivity index is 1.58. The lowest BCUT2D eigenvalue weighted by Gasteiger charge is -2.63. The van der Waals surface area contributed by atoms with Crippen LogP contribution >= 0.6 is 0 Å². The highest BCUT2D eigenvalue weighted by molar-refractivity contribution is 5.69. The lowest BCUT2D eigenvalue weighted by atomic mass is 9.43. The fourth-order valence-electron chi connectivity index (χ4n) is 8.78. The van der Waals surface area contributed by atoms with Crippen LogP contribution in [0, 0.1) is 46.3 Å². The topological polar surface area (TPSA) is 87.0 Å². The number of hydrogen-bond acceptors (Lipinski definition) is 5. The van der Waals surface area contributed by atoms with Crippen LogP contribution in [0.15, 0.2) is 0 Å². The molecule has 0 aromatic carbocycles. The van der Waals surface area contributed by atoms with E-state index in [4.69, 9.17) is 4.74 Å². The third-order valence-electron chi connectivity index (χ3n) is 10.6. The quantitative estimate of drug-likeness (QED) is 0.603. The van der Waals surface area contributed by atoms with Crippen LogP contribution in [-0.4, -0.2) is 46.7 Å². The summed E-state index contributed by atoms with van der Waals surface area (Å²) in [7, 11) is 1.44. The van der Waals surface area contributed by atoms with E-state index in [0.29, 0.717) is 36.0 Å². The van der Waals surface area contributed by atoms with Crippen molar-refractivity contribution in [3.05, 3.63) is 0 Å². The van der Waals surface area contributed by atoms with Crippen LogP contribution in [0.4, 0.5) is 0 Å². The second-order valence-electron chi connectivity index (χ2n) is 11.6. The number of aliphatic hydroxyl groups excluding tert-OH is 3. The fraction of sp³-hybridized carbons (Fsp3) is 0.960. The number of carbonyl (C=O) groups excluding carboxylic acids is 1. The first-order chi connectivity index (χ1) is 14.1. The first-order valence-electron chi connectivity index (χ1n) is 12.2. The van der Waals surface area contributed by atoms with Gasteiger partial charge in [-0.05, 0) is 97.7 Å². The number of esters is 1. The highest BCUT2D eigenvalue weighted by atomic mass is 16.5. The van der Waals surface area contributed by atoms with Gasteiger partial charge in [0.15, 0.2) is 0 Å². The van der Waals surface area contributed by atoms with Gasteiger partial charge in [-0.1, -0.05) is 20.8 Å². The van der Waals surface area contributed by atoms with E-state index in [0.717, 1.165) is 51.4 Å². The number of aliphatic hydroxyl groups is 3. The average molecular weight is 423 g/mol. The molecule has 4 aliphatic carbocycles. The van der Waals surface area contributed by atoms with Crippen LogP contribution in [0.25, 0.3) is 0 Å². The number of hydrogen-bond donors (Lipinski definition) is 3. The van der Waals surface area contributed by atoms with Gasteiger partial charge in [0.1, 0.15) is 0 Å². The Bertz CT molecular complexity index is 651. The minimum Gasteiger partial charge on any atom is -0.469 e. The van der Waals surface area contributed by atoms with E-state index in [-0.39, 0.29) is 41.0 Å². The van der Waals surface area contributed by atoms with E-state index in [1.54, 1.807) is 0 Å². The Morgan fingerprint density at radius 2 is 1.80 bits per heavy atom. The molecule has 5 heteroatoms. The van der Waals surface area contributed by atoms with Crippen molar-refractivity contribution in [2.45, 2.75) is 96.9 Å². The Labute approximate surface area is 181 Å². The van der Waals surface area contributed by atoms with Crippen molar-refractivity contribution in [3.63, 3.8) is 0 Å². The molecule has 0 heterocycles. The minimum absolute atomic E-state index is 0.111. The van der Waals surface area contributed by atoms with Crippen molar-refractivity contribution < 1.29 is 24.9 Å². The fourth-order valence-corrected chi connectivity index (χ4v) is 8.78. The Morgan fingerprint density at radius 3 is 2.50 bits per heavy atom. The molecule has 4 fully saturated rings. The van der Waals surface area contributed by atoms with Crippen molar-refractivity contribution in [3.8, 4) is 0 Å². The molecular formula is C25H42O5. The number of carbonyl (C=O) groups is 1. The molecule has 0 amide bonds. The maximum atomic E-state index is 11.7. The van der Waals surface area contributed by atoms with Crippen LogP contribution in [-0.2, 0) is 9.53 Å². The average Bonchev–Trinajstić information content (AvgIpc) is 3.06. The van der Waals surface area contributed by atoms with Gasteiger partial charge >= 0.3 is 5.97 Å². The first kappa shape index (κ1) is 22.5. The molecule has 6 unspecified atom stereocenters. The van der Waals surface area contributed by atoms with Crippen molar-refractivity contribution in [2.75, 3.05) is 7.11 Å². The van der Waals surface area contributed by atoms with E-state index in [1.165, 1.54) is 7.11 Å². The number of ether oxygens (including phenoxy) is 1. The van der Waals surface area contributed by atoms with Gasteiger partial charge in [-0.25, -0.2) is 0 Å². The predicted molar refractivity (Wildman–Crippen MR) is 114 cm³/mol. The summed E-state index contributed by atoms with van der Waals surface area (Å²) in [4.78, 5) is 11.7. The van der Waals surface area contributed by atoms with Gasteiger partial charge in [0, 0.05) is 6.42 Å². The second kappa shape index (κ2) is 8.04. The number of fused-ring (bicyclic) bond motifs is 5. The first-order valence-corrected chi connectivity index (χ1v) is 12.2. The molecule has 4 saturated carbocycles. The summed E-state index contributed by atoms with van der Waals surface area (Å²) < 4.78 is 4.83. The maximum absolute atomic E-state index is 11.7. The molecule has 0 saturated heterocycles. The van der Waals surface area contributed by atoms with Crippen LogP contribution in [0.1, 0.15) is 78.6 Å². The maximum Gasteiger partial charge on any atom is 0.305 e. The van der Waals surface area contributed by atoms with Crippen LogP contribution in [0.3, 0.4) is 0 Å². The summed E-state index contributed by atoms with van der Waals surface area (Å²) >= 11 is 0. The van der Waals surface area contributed by atoms with Gasteiger partial charge in [-0.15, -0.1) is 0 Å². The van der Waals surface area contributed by atoms with Gasteiger partial charge in [0.25, 0.3) is 0 Å². The molecule has 0 radical (unpaired) electrons. The van der Waals surface area contributed by atoms with E-state index in [2.05, 4.69) is 20.8 Å². The molecule has 4 rings (SSSR count). The van der Waals surface area contributed by atoms with Gasteiger partial charge in [0.2, 0.25) is 0 Å². The molecular weight excluding hydrogens is 380 g/mol.